The van der Waals surface area contributed by atoms with Crippen molar-refractivity contribution in [3.8, 4) is 5.75 Å². The van der Waals surface area contributed by atoms with Crippen LogP contribution in [0, 0.1) is 5.92 Å². The molecule has 0 saturated carbocycles. The van der Waals surface area contributed by atoms with Crippen LogP contribution in [0.5, 0.6) is 5.75 Å². The van der Waals surface area contributed by atoms with E-state index in [2.05, 4.69) is 52.7 Å². The first-order chi connectivity index (χ1) is 15.9. The quantitative estimate of drug-likeness (QED) is 0.265. The van der Waals surface area contributed by atoms with Gasteiger partial charge >= 0.3 is 5.97 Å². The highest BCUT2D eigenvalue weighted by Gasteiger charge is 2.41. The molecule has 1 heterocycles. The number of ether oxygens (including phenoxy) is 3. The van der Waals surface area contributed by atoms with Gasteiger partial charge in [0.15, 0.2) is 19.9 Å². The monoisotopic (exact) mass is 491 g/mol. The van der Waals surface area contributed by atoms with Crippen LogP contribution >= 0.6 is 0 Å². The lowest BCUT2D eigenvalue weighted by Crippen LogP contribution is -2.48. The maximum Gasteiger partial charge on any atom is 0.360 e. The minimum Gasteiger partial charge on any atom is -0.497 e. The van der Waals surface area contributed by atoms with Crippen LogP contribution < -0.4 is 4.74 Å². The number of methoxy groups -OCH3 is 2. The third-order valence-electron chi connectivity index (χ3n) is 6.77. The molecule has 0 spiro atoms. The third kappa shape index (κ3) is 7.42. The largest absolute Gasteiger partial charge is 0.497 e. The standard InChI is InChI=1S/C26H41NO6Si/c1-10-22(31-16-19-11-13-20(29-6)14-12-19)18(2)23(33-34(8,9)26(3,4)5)15-24-27-21(17-32-24)25(28)30-7/h11-14,17-18,22-23H,10,15-16H2,1-9H3/t18-,22-,23+/m1/s1. The Morgan fingerprint density at radius 2 is 1.76 bits per heavy atom. The molecule has 1 aromatic heterocycles. The lowest BCUT2D eigenvalue weighted by molar-refractivity contribution is -0.0371. The minimum absolute atomic E-state index is 0.0214. The summed E-state index contributed by atoms with van der Waals surface area (Å²) >= 11 is 0. The Bertz CT molecular complexity index is 903. The first-order valence-corrected chi connectivity index (χ1v) is 14.8. The molecule has 0 radical (unpaired) electrons. The Hall–Kier alpha value is -2.16. The molecule has 8 heteroatoms. The van der Waals surface area contributed by atoms with Crippen molar-refractivity contribution in [3.05, 3.63) is 47.7 Å². The molecular weight excluding hydrogens is 450 g/mol. The Morgan fingerprint density at radius 1 is 1.12 bits per heavy atom. The van der Waals surface area contributed by atoms with Crippen LogP contribution in [-0.4, -0.2) is 45.7 Å². The predicted octanol–water partition coefficient (Wildman–Crippen LogP) is 6.03. The Morgan fingerprint density at radius 3 is 2.29 bits per heavy atom. The van der Waals surface area contributed by atoms with E-state index in [9.17, 15) is 4.79 Å². The Labute approximate surface area is 205 Å². The maximum absolute atomic E-state index is 11.8. The lowest BCUT2D eigenvalue weighted by atomic mass is 9.94. The van der Waals surface area contributed by atoms with Crippen LogP contribution in [-0.2, 0) is 26.9 Å². The zero-order chi connectivity index (χ0) is 25.5. The molecule has 190 valence electrons. The normalized spacial score (nSPS) is 15.0. The smallest absolute Gasteiger partial charge is 0.360 e. The van der Waals surface area contributed by atoms with Crippen LogP contribution in [0.25, 0.3) is 0 Å². The summed E-state index contributed by atoms with van der Waals surface area (Å²) in [7, 11) is 0.892. The van der Waals surface area contributed by atoms with Crippen LogP contribution in [0.1, 0.15) is 63.0 Å². The second-order valence-corrected chi connectivity index (χ2v) is 15.0. The Kier molecular flexibility index (Phi) is 9.91. The van der Waals surface area contributed by atoms with Gasteiger partial charge in [0.05, 0.1) is 33.0 Å². The molecule has 34 heavy (non-hydrogen) atoms. The van der Waals surface area contributed by atoms with E-state index in [1.807, 2.05) is 24.3 Å². The van der Waals surface area contributed by atoms with Crippen molar-refractivity contribution in [2.24, 2.45) is 5.92 Å². The fraction of sp³-hybridized carbons (Fsp3) is 0.615. The summed E-state index contributed by atoms with van der Waals surface area (Å²) in [5.74, 6) is 0.843. The van der Waals surface area contributed by atoms with Crippen molar-refractivity contribution in [2.75, 3.05) is 14.2 Å². The molecule has 0 amide bonds. The van der Waals surface area contributed by atoms with E-state index in [4.69, 9.17) is 23.1 Å². The van der Waals surface area contributed by atoms with Crippen LogP contribution in [0.3, 0.4) is 0 Å². The van der Waals surface area contributed by atoms with Gasteiger partial charge in [0.2, 0.25) is 0 Å². The van der Waals surface area contributed by atoms with Gasteiger partial charge in [-0.25, -0.2) is 9.78 Å². The van der Waals surface area contributed by atoms with Gasteiger partial charge in [0, 0.05) is 12.3 Å². The van der Waals surface area contributed by atoms with Gasteiger partial charge in [0.1, 0.15) is 12.0 Å². The highest BCUT2D eigenvalue weighted by atomic mass is 28.4. The highest BCUT2D eigenvalue weighted by molar-refractivity contribution is 6.74. The number of rotatable bonds is 12. The number of nitrogens with zero attached hydrogens (tertiary/aromatic N) is 1. The Balaban J connectivity index is 2.21. The molecule has 0 saturated heterocycles. The van der Waals surface area contributed by atoms with E-state index >= 15 is 0 Å². The summed E-state index contributed by atoms with van der Waals surface area (Å²) in [6.45, 7) is 15.9. The van der Waals surface area contributed by atoms with Crippen molar-refractivity contribution in [1.82, 2.24) is 4.98 Å². The third-order valence-corrected chi connectivity index (χ3v) is 11.3. The molecule has 2 rings (SSSR count). The van der Waals surface area contributed by atoms with Crippen LogP contribution in [0.2, 0.25) is 18.1 Å². The van der Waals surface area contributed by atoms with E-state index in [1.54, 1.807) is 7.11 Å². The first kappa shape index (κ1) is 28.1. The molecule has 0 unspecified atom stereocenters. The van der Waals surface area contributed by atoms with Gasteiger partial charge in [-0.15, -0.1) is 0 Å². The maximum atomic E-state index is 11.8. The number of aromatic nitrogens is 1. The zero-order valence-corrected chi connectivity index (χ0v) is 23.1. The molecule has 1 aromatic carbocycles. The predicted molar refractivity (Wildman–Crippen MR) is 135 cm³/mol. The summed E-state index contributed by atoms with van der Waals surface area (Å²) in [5, 5.41) is 0.0460. The average Bonchev–Trinajstić information content (AvgIpc) is 3.26. The van der Waals surface area contributed by atoms with E-state index < -0.39 is 14.3 Å². The second kappa shape index (κ2) is 12.0. The summed E-state index contributed by atoms with van der Waals surface area (Å²) < 4.78 is 28.8. The van der Waals surface area contributed by atoms with Crippen LogP contribution in [0.4, 0.5) is 0 Å². The summed E-state index contributed by atoms with van der Waals surface area (Å²) in [6, 6.07) is 7.91. The number of hydrogen-bond acceptors (Lipinski definition) is 7. The zero-order valence-electron chi connectivity index (χ0n) is 22.1. The fourth-order valence-electron chi connectivity index (χ4n) is 3.47. The molecular formula is C26H41NO6Si. The summed E-state index contributed by atoms with van der Waals surface area (Å²) in [4.78, 5) is 16.2. The number of oxazole rings is 1. The molecule has 7 nitrogen and oxygen atoms in total. The van der Waals surface area contributed by atoms with Gasteiger partial charge in [0.25, 0.3) is 0 Å². The SMILES string of the molecule is CC[C@@H](OCc1ccc(OC)cc1)[C@@H](C)[C@H](Cc1nc(C(=O)OC)co1)O[Si](C)(C)C(C)(C)C. The molecule has 0 fully saturated rings. The van der Waals surface area contributed by atoms with Gasteiger partial charge in [-0.05, 0) is 42.2 Å². The second-order valence-electron chi connectivity index (χ2n) is 10.2. The minimum atomic E-state index is -2.09. The molecule has 0 aliphatic carbocycles. The molecule has 0 aliphatic heterocycles. The highest BCUT2D eigenvalue weighted by Crippen LogP contribution is 2.39. The van der Waals surface area contributed by atoms with Gasteiger partial charge in [-0.2, -0.15) is 0 Å². The van der Waals surface area contributed by atoms with Crippen molar-refractivity contribution >= 4 is 14.3 Å². The summed E-state index contributed by atoms with van der Waals surface area (Å²) in [5.41, 5.74) is 1.25. The van der Waals surface area contributed by atoms with Gasteiger partial charge in [-0.1, -0.05) is 46.8 Å². The van der Waals surface area contributed by atoms with Gasteiger partial charge < -0.3 is 23.1 Å². The number of esters is 1. The van der Waals surface area contributed by atoms with Crippen molar-refractivity contribution in [1.29, 1.82) is 0 Å². The van der Waals surface area contributed by atoms with Crippen molar-refractivity contribution < 1.29 is 27.8 Å². The number of benzene rings is 1. The molecule has 3 atom stereocenters. The average molecular weight is 492 g/mol. The topological polar surface area (TPSA) is 80.0 Å². The number of hydrogen-bond donors (Lipinski definition) is 0. The van der Waals surface area contributed by atoms with E-state index in [-0.39, 0.29) is 28.9 Å². The lowest BCUT2D eigenvalue weighted by Gasteiger charge is -2.42. The molecule has 0 aliphatic rings. The molecule has 2 aromatic rings. The first-order valence-electron chi connectivity index (χ1n) is 11.9. The number of carbonyl (C=O) groups excluding carboxylic acids is 1. The molecule has 0 bridgehead atoms. The van der Waals surface area contributed by atoms with E-state index in [1.165, 1.54) is 13.4 Å². The van der Waals surface area contributed by atoms with Gasteiger partial charge in [-0.3, -0.25) is 0 Å². The van der Waals surface area contributed by atoms with Crippen LogP contribution in [0.15, 0.2) is 34.9 Å². The molecule has 0 N–H and O–H groups in total. The summed E-state index contributed by atoms with van der Waals surface area (Å²) in [6.07, 6.45) is 2.44. The van der Waals surface area contributed by atoms with E-state index in [0.717, 1.165) is 17.7 Å². The van der Waals surface area contributed by atoms with Crippen molar-refractivity contribution in [2.45, 2.75) is 84.4 Å². The van der Waals surface area contributed by atoms with Crippen molar-refractivity contribution in [3.63, 3.8) is 0 Å². The van der Waals surface area contributed by atoms with E-state index in [0.29, 0.717) is 18.9 Å². The number of carbonyl (C=O) groups is 1. The fourth-order valence-corrected chi connectivity index (χ4v) is 4.88.